The molecule has 0 aliphatic heterocycles. The zero-order valence-electron chi connectivity index (χ0n) is 9.50. The Morgan fingerprint density at radius 2 is 2.12 bits per heavy atom. The Morgan fingerprint density at radius 1 is 1.44 bits per heavy atom. The fraction of sp³-hybridized carbons (Fsp3) is 0.308. The smallest absolute Gasteiger partial charge is 0.0450 e. The van der Waals surface area contributed by atoms with E-state index < -0.39 is 0 Å². The van der Waals surface area contributed by atoms with E-state index in [-0.39, 0.29) is 0 Å². The largest absolute Gasteiger partial charge is 0.398 e. The van der Waals surface area contributed by atoms with E-state index in [2.05, 4.69) is 18.5 Å². The monoisotopic (exact) mass is 217 g/mol. The van der Waals surface area contributed by atoms with E-state index in [9.17, 15) is 0 Å². The average Bonchev–Trinajstić information content (AvgIpc) is 3.13. The van der Waals surface area contributed by atoms with Crippen LogP contribution in [-0.2, 0) is 0 Å². The predicted octanol–water partition coefficient (Wildman–Crippen LogP) is 2.89. The molecule has 3 nitrogen and oxygen atoms in total. The first-order valence-electron chi connectivity index (χ1n) is 5.44. The van der Waals surface area contributed by atoms with Gasteiger partial charge < -0.3 is 16.5 Å². The molecule has 1 aromatic carbocycles. The summed E-state index contributed by atoms with van der Waals surface area (Å²) in [6.45, 7) is 7.00. The van der Waals surface area contributed by atoms with Crippen molar-refractivity contribution in [3.8, 4) is 0 Å². The lowest BCUT2D eigenvalue weighted by molar-refractivity contribution is 0.889. The fourth-order valence-corrected chi connectivity index (χ4v) is 1.47. The lowest BCUT2D eigenvalue weighted by Gasteiger charge is -2.10. The SMILES string of the molecule is C=C.N=Cc1c(N)cccc1NCC1CC1. The van der Waals surface area contributed by atoms with E-state index in [4.69, 9.17) is 11.1 Å². The standard InChI is InChI=1S/C11H15N3.C2H4/c12-6-9-10(13)2-1-3-11(9)14-7-8-4-5-8;1-2/h1-3,6,8,12,14H,4-5,7,13H2;1-2H2. The van der Waals surface area contributed by atoms with Crippen LogP contribution in [0.4, 0.5) is 11.4 Å². The molecule has 16 heavy (non-hydrogen) atoms. The molecule has 0 aromatic heterocycles. The maximum Gasteiger partial charge on any atom is 0.0450 e. The third kappa shape index (κ3) is 3.12. The van der Waals surface area contributed by atoms with Gasteiger partial charge in [0.2, 0.25) is 0 Å². The Hall–Kier alpha value is -1.77. The molecule has 1 fully saturated rings. The lowest BCUT2D eigenvalue weighted by Crippen LogP contribution is -2.06. The summed E-state index contributed by atoms with van der Waals surface area (Å²) in [6.07, 6.45) is 3.97. The highest BCUT2D eigenvalue weighted by molar-refractivity contribution is 5.92. The summed E-state index contributed by atoms with van der Waals surface area (Å²) >= 11 is 0. The average molecular weight is 217 g/mol. The summed E-state index contributed by atoms with van der Waals surface area (Å²) in [5.74, 6) is 0.829. The molecule has 0 bridgehead atoms. The molecular weight excluding hydrogens is 198 g/mol. The second kappa shape index (κ2) is 5.95. The zero-order valence-corrected chi connectivity index (χ0v) is 9.50. The Balaban J connectivity index is 0.000000606. The van der Waals surface area contributed by atoms with E-state index in [1.807, 2.05) is 18.2 Å². The molecule has 3 heteroatoms. The third-order valence-corrected chi connectivity index (χ3v) is 2.56. The quantitative estimate of drug-likeness (QED) is 0.412. The van der Waals surface area contributed by atoms with Crippen LogP contribution in [0.2, 0.25) is 0 Å². The van der Waals surface area contributed by atoms with Gasteiger partial charge in [-0.05, 0) is 30.9 Å². The summed E-state index contributed by atoms with van der Waals surface area (Å²) < 4.78 is 0. The number of nitrogens with one attached hydrogen (secondary N) is 2. The zero-order chi connectivity index (χ0) is 12.0. The van der Waals surface area contributed by atoms with Crippen LogP contribution >= 0.6 is 0 Å². The minimum Gasteiger partial charge on any atom is -0.398 e. The van der Waals surface area contributed by atoms with Gasteiger partial charge in [-0.15, -0.1) is 13.2 Å². The van der Waals surface area contributed by atoms with Crippen LogP contribution in [-0.4, -0.2) is 12.8 Å². The van der Waals surface area contributed by atoms with Crippen LogP contribution in [0.3, 0.4) is 0 Å². The molecule has 0 saturated heterocycles. The van der Waals surface area contributed by atoms with Gasteiger partial charge in [0.25, 0.3) is 0 Å². The van der Waals surface area contributed by atoms with Gasteiger partial charge in [-0.3, -0.25) is 0 Å². The molecule has 0 amide bonds. The van der Waals surface area contributed by atoms with Crippen molar-refractivity contribution in [2.45, 2.75) is 12.8 Å². The van der Waals surface area contributed by atoms with Crippen molar-refractivity contribution in [1.29, 1.82) is 5.41 Å². The first-order chi connectivity index (χ1) is 7.81. The van der Waals surface area contributed by atoms with Crippen LogP contribution in [0.1, 0.15) is 18.4 Å². The van der Waals surface area contributed by atoms with Crippen molar-refractivity contribution < 1.29 is 0 Å². The number of nitrogen functional groups attached to an aromatic ring is 1. The minimum absolute atomic E-state index is 0.667. The van der Waals surface area contributed by atoms with Crippen LogP contribution in [0, 0.1) is 11.3 Å². The van der Waals surface area contributed by atoms with Gasteiger partial charge in [0.05, 0.1) is 0 Å². The van der Waals surface area contributed by atoms with Crippen LogP contribution < -0.4 is 11.1 Å². The summed E-state index contributed by atoms with van der Waals surface area (Å²) in [5, 5.41) is 10.6. The number of hydrogen-bond acceptors (Lipinski definition) is 3. The highest BCUT2D eigenvalue weighted by atomic mass is 14.9. The van der Waals surface area contributed by atoms with Gasteiger partial charge in [0.15, 0.2) is 0 Å². The molecule has 1 aliphatic rings. The summed E-state index contributed by atoms with van der Waals surface area (Å²) in [7, 11) is 0. The highest BCUT2D eigenvalue weighted by Gasteiger charge is 2.20. The maximum absolute atomic E-state index is 7.28. The van der Waals surface area contributed by atoms with Gasteiger partial charge >= 0.3 is 0 Å². The molecule has 1 aliphatic carbocycles. The molecule has 0 atom stereocenters. The molecule has 0 radical (unpaired) electrons. The summed E-state index contributed by atoms with van der Waals surface area (Å²) in [5.41, 5.74) is 8.21. The van der Waals surface area contributed by atoms with E-state index in [0.29, 0.717) is 5.69 Å². The van der Waals surface area contributed by atoms with Gasteiger partial charge in [-0.2, -0.15) is 0 Å². The molecule has 86 valence electrons. The van der Waals surface area contributed by atoms with Crippen LogP contribution in [0.5, 0.6) is 0 Å². The van der Waals surface area contributed by atoms with Gasteiger partial charge in [0, 0.05) is 29.7 Å². The van der Waals surface area contributed by atoms with Crippen molar-refractivity contribution in [3.63, 3.8) is 0 Å². The predicted molar refractivity (Wildman–Crippen MR) is 71.2 cm³/mol. The van der Waals surface area contributed by atoms with Crippen LogP contribution in [0.25, 0.3) is 0 Å². The van der Waals surface area contributed by atoms with E-state index in [1.54, 1.807) is 0 Å². The summed E-state index contributed by atoms with van der Waals surface area (Å²) in [6, 6.07) is 5.71. The topological polar surface area (TPSA) is 61.9 Å². The van der Waals surface area contributed by atoms with Crippen molar-refractivity contribution in [3.05, 3.63) is 36.9 Å². The number of hydrogen-bond donors (Lipinski definition) is 3. The fourth-order valence-electron chi connectivity index (χ4n) is 1.47. The Kier molecular flexibility index (Phi) is 4.58. The molecule has 4 N–H and O–H groups in total. The third-order valence-electron chi connectivity index (χ3n) is 2.56. The first kappa shape index (κ1) is 12.3. The lowest BCUT2D eigenvalue weighted by atomic mass is 10.1. The van der Waals surface area contributed by atoms with Crippen molar-refractivity contribution >= 4 is 17.6 Å². The Morgan fingerprint density at radius 3 is 2.69 bits per heavy atom. The molecule has 1 aromatic rings. The van der Waals surface area contributed by atoms with E-state index in [1.165, 1.54) is 19.1 Å². The number of nitrogens with two attached hydrogens (primary N) is 1. The molecule has 0 spiro atoms. The maximum atomic E-state index is 7.28. The minimum atomic E-state index is 0.667. The molecular formula is C13H19N3. The second-order valence-corrected chi connectivity index (χ2v) is 3.78. The van der Waals surface area contributed by atoms with E-state index >= 15 is 0 Å². The van der Waals surface area contributed by atoms with Crippen molar-refractivity contribution in [2.24, 2.45) is 5.92 Å². The number of benzene rings is 1. The van der Waals surface area contributed by atoms with Gasteiger partial charge in [0.1, 0.15) is 0 Å². The summed E-state index contributed by atoms with van der Waals surface area (Å²) in [4.78, 5) is 0. The normalized spacial score (nSPS) is 13.5. The number of rotatable bonds is 4. The second-order valence-electron chi connectivity index (χ2n) is 3.78. The van der Waals surface area contributed by atoms with E-state index in [0.717, 1.165) is 23.7 Å². The number of anilines is 2. The molecule has 2 rings (SSSR count). The first-order valence-corrected chi connectivity index (χ1v) is 5.44. The molecule has 0 heterocycles. The van der Waals surface area contributed by atoms with Gasteiger partial charge in [-0.25, -0.2) is 0 Å². The van der Waals surface area contributed by atoms with Gasteiger partial charge in [-0.1, -0.05) is 6.07 Å². The molecule has 1 saturated carbocycles. The highest BCUT2D eigenvalue weighted by Crippen LogP contribution is 2.29. The van der Waals surface area contributed by atoms with Crippen LogP contribution in [0.15, 0.2) is 31.4 Å². The Labute approximate surface area is 96.9 Å². The molecule has 0 unspecified atom stereocenters. The van der Waals surface area contributed by atoms with Crippen molar-refractivity contribution in [2.75, 3.05) is 17.6 Å². The Bertz CT molecular complexity index is 356. The van der Waals surface area contributed by atoms with Crippen molar-refractivity contribution in [1.82, 2.24) is 0 Å².